The highest BCUT2D eigenvalue weighted by Gasteiger charge is 2.35. The number of hydrogen-bond acceptors (Lipinski definition) is 9. The van der Waals surface area contributed by atoms with Crippen molar-refractivity contribution in [3.05, 3.63) is 89.5 Å². The number of amides is 2. The molecule has 2 atom stereocenters. The Kier molecular flexibility index (Phi) is 8.25. The number of halogens is 1. The summed E-state index contributed by atoms with van der Waals surface area (Å²) in [5, 5.41) is 15.7. The molecule has 0 saturated heterocycles. The molecule has 1 unspecified atom stereocenters. The second-order valence-corrected chi connectivity index (χ2v) is 9.63. The Bertz CT molecular complexity index is 1630. The van der Waals surface area contributed by atoms with Crippen LogP contribution in [0.4, 0.5) is 16.0 Å². The second-order valence-electron chi connectivity index (χ2n) is 9.63. The van der Waals surface area contributed by atoms with Crippen LogP contribution in [0.15, 0.2) is 67.0 Å². The molecular weight excluding hydrogens is 543 g/mol. The van der Waals surface area contributed by atoms with Gasteiger partial charge in [0.25, 0.3) is 5.91 Å². The molecule has 2 aromatic carbocycles. The van der Waals surface area contributed by atoms with Gasteiger partial charge < -0.3 is 30.1 Å². The largest absolute Gasteiger partial charge is 0.497 e. The summed E-state index contributed by atoms with van der Waals surface area (Å²) in [5.74, 6) is -0.293. The molecule has 3 N–H and O–H groups in total. The highest BCUT2D eigenvalue weighted by Crippen LogP contribution is 2.30. The topological polar surface area (TPSA) is 139 Å². The Labute approximate surface area is 241 Å². The molecule has 11 nitrogen and oxygen atoms in total. The quantitative estimate of drug-likeness (QED) is 0.260. The van der Waals surface area contributed by atoms with Crippen LogP contribution in [0.2, 0.25) is 0 Å². The minimum atomic E-state index is -0.884. The molecule has 0 saturated carbocycles. The van der Waals surface area contributed by atoms with Gasteiger partial charge in [0, 0.05) is 47.9 Å². The average molecular weight is 573 g/mol. The first kappa shape index (κ1) is 28.4. The molecular formula is C30H29FN6O5. The van der Waals surface area contributed by atoms with Gasteiger partial charge in [-0.05, 0) is 48.4 Å². The minimum absolute atomic E-state index is 0.237. The van der Waals surface area contributed by atoms with E-state index in [2.05, 4.69) is 25.6 Å². The first-order valence-corrected chi connectivity index (χ1v) is 13.1. The number of benzene rings is 2. The van der Waals surface area contributed by atoms with Gasteiger partial charge in [-0.3, -0.25) is 9.59 Å². The molecule has 216 valence electrons. The third-order valence-electron chi connectivity index (χ3n) is 6.97. The van der Waals surface area contributed by atoms with Gasteiger partial charge in [0.2, 0.25) is 17.7 Å². The van der Waals surface area contributed by atoms with Crippen LogP contribution in [0.25, 0.3) is 11.3 Å². The fourth-order valence-corrected chi connectivity index (χ4v) is 4.67. The number of hydrogen-bond donors (Lipinski definition) is 3. The normalized spacial score (nSPS) is 13.7. The zero-order chi connectivity index (χ0) is 29.8. The average Bonchev–Trinajstić information content (AvgIpc) is 3.34. The third kappa shape index (κ3) is 5.98. The monoisotopic (exact) mass is 572 g/mol. The number of ether oxygens (including phenoxy) is 2. The van der Waals surface area contributed by atoms with E-state index < -0.39 is 30.4 Å². The summed E-state index contributed by atoms with van der Waals surface area (Å²) in [7, 11) is 2.93. The Morgan fingerprint density at radius 3 is 2.64 bits per heavy atom. The van der Waals surface area contributed by atoms with E-state index in [1.54, 1.807) is 43.6 Å². The van der Waals surface area contributed by atoms with Crippen LogP contribution >= 0.6 is 0 Å². The van der Waals surface area contributed by atoms with E-state index in [0.29, 0.717) is 39.9 Å². The summed E-state index contributed by atoms with van der Waals surface area (Å²) in [6, 6.07) is 12.9. The van der Waals surface area contributed by atoms with Gasteiger partial charge in [0.15, 0.2) is 0 Å². The lowest BCUT2D eigenvalue weighted by Crippen LogP contribution is -2.46. The lowest BCUT2D eigenvalue weighted by Gasteiger charge is -2.26. The number of aliphatic hydroxyl groups is 1. The van der Waals surface area contributed by atoms with Crippen molar-refractivity contribution in [2.75, 3.05) is 26.1 Å². The molecule has 0 radical (unpaired) electrons. The number of anilines is 2. The van der Waals surface area contributed by atoms with Crippen LogP contribution in [0, 0.1) is 5.82 Å². The molecule has 42 heavy (non-hydrogen) atoms. The van der Waals surface area contributed by atoms with Crippen LogP contribution in [0.1, 0.15) is 34.5 Å². The van der Waals surface area contributed by atoms with Crippen molar-refractivity contribution < 1.29 is 28.6 Å². The van der Waals surface area contributed by atoms with Crippen LogP contribution in [0.3, 0.4) is 0 Å². The molecule has 0 aliphatic carbocycles. The van der Waals surface area contributed by atoms with Gasteiger partial charge in [0.1, 0.15) is 17.6 Å². The summed E-state index contributed by atoms with van der Waals surface area (Å²) >= 11 is 0. The summed E-state index contributed by atoms with van der Waals surface area (Å²) in [4.78, 5) is 41.0. The molecule has 1 aliphatic rings. The molecule has 12 heteroatoms. The van der Waals surface area contributed by atoms with Crippen molar-refractivity contribution in [1.29, 1.82) is 0 Å². The van der Waals surface area contributed by atoms with Gasteiger partial charge in [0.05, 0.1) is 32.6 Å². The van der Waals surface area contributed by atoms with E-state index in [1.807, 2.05) is 12.1 Å². The van der Waals surface area contributed by atoms with Gasteiger partial charge in [-0.2, -0.15) is 0 Å². The number of aliphatic hydroxyl groups excluding tert-OH is 1. The van der Waals surface area contributed by atoms with Crippen LogP contribution in [-0.4, -0.2) is 63.6 Å². The maximum atomic E-state index is 14.0. The third-order valence-corrected chi connectivity index (χ3v) is 6.97. The SMILES string of the molecule is COc1cc(F)cc([C@@H](CO)NC(=O)C(C)N2Cc3ccc(-c4ccnc(Nc5ccnc(OC)c5)n4)cc3C2=O)c1. The number of carbonyl (C=O) groups is 2. The zero-order valence-corrected chi connectivity index (χ0v) is 23.2. The molecule has 0 fully saturated rings. The van der Waals surface area contributed by atoms with Crippen molar-refractivity contribution in [2.24, 2.45) is 0 Å². The van der Waals surface area contributed by atoms with Gasteiger partial charge >= 0.3 is 0 Å². The lowest BCUT2D eigenvalue weighted by atomic mass is 10.0. The molecule has 0 bridgehead atoms. The summed E-state index contributed by atoms with van der Waals surface area (Å²) < 4.78 is 24.3. The Hall–Kier alpha value is -5.10. The van der Waals surface area contributed by atoms with Gasteiger partial charge in [-0.1, -0.05) is 12.1 Å². The first-order valence-electron chi connectivity index (χ1n) is 13.1. The summed E-state index contributed by atoms with van der Waals surface area (Å²) in [6.07, 6.45) is 3.22. The van der Waals surface area contributed by atoms with Crippen LogP contribution in [0.5, 0.6) is 11.6 Å². The standard InChI is InChI=1S/C30H29FN6O5/c1-17(28(39)35-26(16-38)20-10-21(31)13-23(11-20)41-2)37-15-19-5-4-18(12-24(19)29(37)40)25-7-9-33-30(36-25)34-22-6-8-32-27(14-22)42-3/h4-14,17,26,38H,15-16H2,1-3H3,(H,35,39)(H,32,33,34,36)/t17?,26-/m1/s1. The minimum Gasteiger partial charge on any atom is -0.497 e. The lowest BCUT2D eigenvalue weighted by molar-refractivity contribution is -0.126. The number of methoxy groups -OCH3 is 2. The number of nitrogens with zero attached hydrogens (tertiary/aromatic N) is 4. The Morgan fingerprint density at radius 2 is 1.88 bits per heavy atom. The molecule has 2 aromatic heterocycles. The maximum absolute atomic E-state index is 14.0. The fraction of sp³-hybridized carbons (Fsp3) is 0.233. The number of pyridine rings is 1. The molecule has 5 rings (SSSR count). The molecule has 4 aromatic rings. The van der Waals surface area contributed by atoms with Crippen molar-refractivity contribution in [1.82, 2.24) is 25.2 Å². The van der Waals surface area contributed by atoms with E-state index in [0.717, 1.165) is 5.56 Å². The predicted octanol–water partition coefficient (Wildman–Crippen LogP) is 3.63. The molecule has 2 amide bonds. The van der Waals surface area contributed by atoms with Gasteiger partial charge in [-0.15, -0.1) is 0 Å². The van der Waals surface area contributed by atoms with E-state index in [1.165, 1.54) is 37.3 Å². The van der Waals surface area contributed by atoms with Gasteiger partial charge in [-0.25, -0.2) is 19.3 Å². The molecule has 0 spiro atoms. The maximum Gasteiger partial charge on any atom is 0.255 e. The number of nitrogens with one attached hydrogen (secondary N) is 2. The van der Waals surface area contributed by atoms with Crippen molar-refractivity contribution in [3.8, 4) is 22.9 Å². The van der Waals surface area contributed by atoms with E-state index in [-0.39, 0.29) is 18.2 Å². The predicted molar refractivity (Wildman–Crippen MR) is 152 cm³/mol. The summed E-state index contributed by atoms with van der Waals surface area (Å²) in [6.45, 7) is 1.38. The van der Waals surface area contributed by atoms with Crippen LogP contribution < -0.4 is 20.1 Å². The van der Waals surface area contributed by atoms with E-state index in [9.17, 15) is 19.1 Å². The van der Waals surface area contributed by atoms with Crippen molar-refractivity contribution in [2.45, 2.75) is 25.6 Å². The number of fused-ring (bicyclic) bond motifs is 1. The van der Waals surface area contributed by atoms with E-state index in [4.69, 9.17) is 9.47 Å². The highest BCUT2D eigenvalue weighted by atomic mass is 19.1. The number of rotatable bonds is 10. The second kappa shape index (κ2) is 12.2. The Balaban J connectivity index is 1.30. The van der Waals surface area contributed by atoms with Crippen molar-refractivity contribution >= 4 is 23.5 Å². The smallest absolute Gasteiger partial charge is 0.255 e. The Morgan fingerprint density at radius 1 is 1.07 bits per heavy atom. The number of carbonyl (C=O) groups excluding carboxylic acids is 2. The van der Waals surface area contributed by atoms with E-state index >= 15 is 0 Å². The fourth-order valence-electron chi connectivity index (χ4n) is 4.67. The highest BCUT2D eigenvalue weighted by molar-refractivity contribution is 6.02. The van der Waals surface area contributed by atoms with Crippen molar-refractivity contribution in [3.63, 3.8) is 0 Å². The number of aromatic nitrogens is 3. The first-order chi connectivity index (χ1) is 20.3. The molecule has 1 aliphatic heterocycles. The molecule has 3 heterocycles. The zero-order valence-electron chi connectivity index (χ0n) is 23.2. The van der Waals surface area contributed by atoms with Crippen LogP contribution in [-0.2, 0) is 11.3 Å². The summed E-state index contributed by atoms with van der Waals surface area (Å²) in [5.41, 5.74) is 3.59.